The molecule has 2 radical (unpaired) electrons. The molecule has 2 aliphatic heterocycles. The van der Waals surface area contributed by atoms with E-state index >= 15 is 0 Å². The molecule has 0 bridgehead atoms. The SMILES string of the molecule is CC1(C)CC(O[Si](C)(C)[Si](C)(C)[Si](C)(C)[Si](C)(C)OC2CC(C)(C)N([O])C(C)(C)C2)CC(C)(C)N1[O]. The molecule has 0 saturated carbocycles. The number of hydrogen-bond acceptors (Lipinski definition) is 4. The van der Waals surface area contributed by atoms with Crippen LogP contribution in [-0.4, -0.2) is 74.4 Å². The van der Waals surface area contributed by atoms with Crippen LogP contribution >= 0.6 is 0 Å². The molecular weight excluding hydrogens is 517 g/mol. The molecule has 212 valence electrons. The van der Waals surface area contributed by atoms with Crippen molar-refractivity contribution < 1.29 is 19.3 Å². The van der Waals surface area contributed by atoms with Crippen molar-refractivity contribution in [3.8, 4) is 0 Å². The summed E-state index contributed by atoms with van der Waals surface area (Å²) in [4.78, 5) is 0. The van der Waals surface area contributed by atoms with E-state index in [-0.39, 0.29) is 12.2 Å². The van der Waals surface area contributed by atoms with E-state index < -0.39 is 52.0 Å². The van der Waals surface area contributed by atoms with E-state index in [4.69, 9.17) is 8.85 Å². The van der Waals surface area contributed by atoms with Crippen molar-refractivity contribution in [1.82, 2.24) is 10.1 Å². The van der Waals surface area contributed by atoms with Crippen molar-refractivity contribution in [2.45, 2.75) is 168 Å². The zero-order valence-electron chi connectivity index (χ0n) is 26.5. The van der Waals surface area contributed by atoms with Gasteiger partial charge in [-0.1, -0.05) is 26.2 Å². The highest BCUT2D eigenvalue weighted by Crippen LogP contribution is 2.44. The fourth-order valence-electron chi connectivity index (χ4n) is 7.14. The van der Waals surface area contributed by atoms with Crippen LogP contribution in [0.3, 0.4) is 0 Å². The minimum absolute atomic E-state index is 0.132. The van der Waals surface area contributed by atoms with Gasteiger partial charge in [-0.3, -0.25) is 0 Å². The molecule has 2 heterocycles. The summed E-state index contributed by atoms with van der Waals surface area (Å²) in [5.41, 5.74) is -1.66. The molecule has 10 heteroatoms. The monoisotopic (exact) mass is 574 g/mol. The first kappa shape index (κ1) is 32.8. The number of nitrogens with zero attached hydrogens (tertiary/aromatic N) is 2. The van der Waals surface area contributed by atoms with Crippen LogP contribution in [0, 0.1) is 0 Å². The van der Waals surface area contributed by atoms with Crippen LogP contribution in [0.1, 0.15) is 81.1 Å². The summed E-state index contributed by atoms with van der Waals surface area (Å²) < 4.78 is 14.4. The Balaban J connectivity index is 2.29. The Hall–Kier alpha value is 0.628. The van der Waals surface area contributed by atoms with Crippen LogP contribution in [0.25, 0.3) is 0 Å². The molecule has 0 N–H and O–H groups in total. The summed E-state index contributed by atoms with van der Waals surface area (Å²) >= 11 is 0. The van der Waals surface area contributed by atoms with E-state index in [1.807, 2.05) is 0 Å². The molecule has 0 aliphatic carbocycles. The van der Waals surface area contributed by atoms with Crippen LogP contribution < -0.4 is 0 Å². The van der Waals surface area contributed by atoms with Crippen molar-refractivity contribution in [3.05, 3.63) is 0 Å². The zero-order chi connectivity index (χ0) is 28.6. The maximum atomic E-state index is 12.9. The number of hydrogen-bond donors (Lipinski definition) is 0. The van der Waals surface area contributed by atoms with Crippen molar-refractivity contribution >= 4 is 29.9 Å². The molecule has 0 atom stereocenters. The van der Waals surface area contributed by atoms with E-state index in [0.29, 0.717) is 0 Å². The Morgan fingerprint density at radius 3 is 0.889 bits per heavy atom. The number of hydroxylamine groups is 4. The Kier molecular flexibility index (Phi) is 8.78. The molecular formula is C26H58N2O4Si4. The van der Waals surface area contributed by atoms with Crippen molar-refractivity contribution in [2.75, 3.05) is 0 Å². The molecule has 2 saturated heterocycles. The highest BCUT2D eigenvalue weighted by atomic mass is 29.8. The van der Waals surface area contributed by atoms with Gasteiger partial charge in [0.15, 0.2) is 15.7 Å². The lowest BCUT2D eigenvalue weighted by molar-refractivity contribution is -0.297. The summed E-state index contributed by atoms with van der Waals surface area (Å²) in [5, 5.41) is 28.4. The topological polar surface area (TPSA) is 64.7 Å². The van der Waals surface area contributed by atoms with Crippen LogP contribution in [0.2, 0.25) is 52.4 Å². The summed E-state index contributed by atoms with van der Waals surface area (Å²) in [6.45, 7) is 36.6. The minimum atomic E-state index is -2.07. The number of rotatable bonds is 7. The van der Waals surface area contributed by atoms with Crippen LogP contribution in [0.15, 0.2) is 0 Å². The van der Waals surface area contributed by atoms with Gasteiger partial charge in [0, 0.05) is 34.4 Å². The Bertz CT molecular complexity index is 710. The first-order chi connectivity index (χ1) is 15.6. The molecule has 2 aliphatic rings. The average molecular weight is 575 g/mol. The van der Waals surface area contributed by atoms with Gasteiger partial charge in [0.1, 0.15) is 0 Å². The highest BCUT2D eigenvalue weighted by molar-refractivity contribution is 7.81. The van der Waals surface area contributed by atoms with Crippen molar-refractivity contribution in [1.29, 1.82) is 0 Å². The lowest BCUT2D eigenvalue weighted by Gasteiger charge is -2.57. The quantitative estimate of drug-likeness (QED) is 0.313. The molecule has 0 amide bonds. The lowest BCUT2D eigenvalue weighted by atomic mass is 9.80. The van der Waals surface area contributed by atoms with E-state index in [9.17, 15) is 10.4 Å². The van der Waals surface area contributed by atoms with Gasteiger partial charge >= 0.3 is 0 Å². The summed E-state index contributed by atoms with van der Waals surface area (Å²) in [7, 11) is -7.79. The molecule has 0 aromatic heterocycles. The Labute approximate surface area is 226 Å². The second-order valence-corrected chi connectivity index (χ2v) is 54.6. The maximum absolute atomic E-state index is 12.9. The standard InChI is InChI=1S/C26H58N2O4Si4/c1-23(2)17-21(18-24(3,4)27(23)29)31-33(9,10)35(13,14)36(15,16)34(11,12)32-22-19-25(5,6)28(30)26(7,8)20-22/h21-22H,17-20H2,1-16H3. The second kappa shape index (κ2) is 9.62. The molecule has 0 unspecified atom stereocenters. The predicted molar refractivity (Wildman–Crippen MR) is 160 cm³/mol. The van der Waals surface area contributed by atoms with E-state index in [1.54, 1.807) is 0 Å². The third-order valence-corrected chi connectivity index (χ3v) is 74.1. The minimum Gasteiger partial charge on any atom is -0.417 e. The Morgan fingerprint density at radius 2 is 0.694 bits per heavy atom. The number of piperidine rings is 2. The normalized spacial score (nSPS) is 26.8. The first-order valence-electron chi connectivity index (χ1n) is 13.9. The molecule has 0 aromatic rings. The third-order valence-electron chi connectivity index (χ3n) is 10.6. The third kappa shape index (κ3) is 5.88. The second-order valence-electron chi connectivity index (χ2n) is 16.4. The fraction of sp³-hybridized carbons (Fsp3) is 1.00. The van der Waals surface area contributed by atoms with Crippen LogP contribution in [0.5, 0.6) is 0 Å². The fourth-order valence-corrected chi connectivity index (χ4v) is 69.0. The van der Waals surface area contributed by atoms with Gasteiger partial charge in [-0.15, -0.1) is 20.5 Å². The van der Waals surface area contributed by atoms with Gasteiger partial charge in [-0.25, -0.2) is 0 Å². The summed E-state index contributed by atoms with van der Waals surface area (Å²) in [6, 6.07) is 0. The van der Waals surface area contributed by atoms with Crippen LogP contribution in [-0.2, 0) is 19.3 Å². The largest absolute Gasteiger partial charge is 0.417 e. The summed E-state index contributed by atoms with van der Waals surface area (Å²) in [6.07, 6.45) is 3.42. The average Bonchev–Trinajstić information content (AvgIpc) is 2.61. The van der Waals surface area contributed by atoms with Gasteiger partial charge in [0.05, 0.1) is 14.2 Å². The van der Waals surface area contributed by atoms with E-state index in [2.05, 4.69) is 108 Å². The predicted octanol–water partition coefficient (Wildman–Crippen LogP) is 6.82. The van der Waals surface area contributed by atoms with Gasteiger partial charge < -0.3 is 8.85 Å². The molecule has 36 heavy (non-hydrogen) atoms. The molecule has 0 spiro atoms. The molecule has 2 rings (SSSR count). The van der Waals surface area contributed by atoms with Gasteiger partial charge in [0.25, 0.3) is 0 Å². The molecule has 6 nitrogen and oxygen atoms in total. The zero-order valence-corrected chi connectivity index (χ0v) is 30.5. The van der Waals surface area contributed by atoms with Gasteiger partial charge in [0.2, 0.25) is 0 Å². The highest BCUT2D eigenvalue weighted by Gasteiger charge is 2.63. The Morgan fingerprint density at radius 1 is 0.500 bits per heavy atom. The van der Waals surface area contributed by atoms with E-state index in [1.165, 1.54) is 10.1 Å². The maximum Gasteiger partial charge on any atom is 0.171 e. The smallest absolute Gasteiger partial charge is 0.171 e. The van der Waals surface area contributed by atoms with Crippen molar-refractivity contribution in [3.63, 3.8) is 0 Å². The van der Waals surface area contributed by atoms with Crippen LogP contribution in [0.4, 0.5) is 0 Å². The first-order valence-corrected chi connectivity index (χ1v) is 28.8. The lowest BCUT2D eigenvalue weighted by Crippen LogP contribution is -2.81. The van der Waals surface area contributed by atoms with Gasteiger partial charge in [-0.05, 0) is 107 Å². The molecule has 0 aromatic carbocycles. The summed E-state index contributed by atoms with van der Waals surface area (Å²) in [5.74, 6) is 0. The van der Waals surface area contributed by atoms with Gasteiger partial charge in [-0.2, -0.15) is 0 Å². The molecule has 2 fully saturated rings. The van der Waals surface area contributed by atoms with Crippen molar-refractivity contribution in [2.24, 2.45) is 0 Å². The van der Waals surface area contributed by atoms with E-state index in [0.717, 1.165) is 25.7 Å².